The number of aromatic nitrogens is 1. The number of benzene rings is 1. The van der Waals surface area contributed by atoms with E-state index in [2.05, 4.69) is 44.4 Å². The minimum Gasteiger partial charge on any atom is -0.378 e. The monoisotopic (exact) mass is 386 g/mol. The molecule has 1 aromatic heterocycles. The van der Waals surface area contributed by atoms with Crippen molar-refractivity contribution < 1.29 is 9.53 Å². The molecule has 27 heavy (non-hydrogen) atoms. The number of para-hydroxylation sites is 1. The Morgan fingerprint density at radius 2 is 2.07 bits per heavy atom. The zero-order valence-electron chi connectivity index (χ0n) is 15.7. The number of thiazole rings is 1. The van der Waals surface area contributed by atoms with E-state index in [9.17, 15) is 4.79 Å². The predicted molar refractivity (Wildman–Crippen MR) is 109 cm³/mol. The van der Waals surface area contributed by atoms with Crippen LogP contribution >= 0.6 is 11.3 Å². The van der Waals surface area contributed by atoms with Gasteiger partial charge in [-0.05, 0) is 31.4 Å². The summed E-state index contributed by atoms with van der Waals surface area (Å²) < 4.78 is 5.39. The van der Waals surface area contributed by atoms with Gasteiger partial charge in [0, 0.05) is 38.4 Å². The molecule has 0 spiro atoms. The molecule has 144 valence electrons. The molecule has 2 aromatic rings. The van der Waals surface area contributed by atoms with Gasteiger partial charge in [-0.1, -0.05) is 29.5 Å². The Morgan fingerprint density at radius 1 is 1.26 bits per heavy atom. The van der Waals surface area contributed by atoms with Crippen LogP contribution in [0.15, 0.2) is 24.3 Å². The van der Waals surface area contributed by atoms with Gasteiger partial charge in [0.05, 0.1) is 18.9 Å². The lowest BCUT2D eigenvalue weighted by molar-refractivity contribution is 0.0958. The third kappa shape index (κ3) is 4.09. The van der Waals surface area contributed by atoms with Crippen LogP contribution in [-0.2, 0) is 11.2 Å². The third-order valence-electron chi connectivity index (χ3n) is 5.15. The summed E-state index contributed by atoms with van der Waals surface area (Å²) in [6.45, 7) is 7.54. The van der Waals surface area contributed by atoms with Gasteiger partial charge in [0.15, 0.2) is 5.13 Å². The van der Waals surface area contributed by atoms with Crippen LogP contribution < -0.4 is 15.1 Å². The van der Waals surface area contributed by atoms with Gasteiger partial charge in [-0.25, -0.2) is 4.98 Å². The molecule has 6 nitrogen and oxygen atoms in total. The smallest absolute Gasteiger partial charge is 0.263 e. The molecule has 0 saturated carbocycles. The number of rotatable bonds is 5. The SMILES string of the molecule is Cc1nc(N2CCOCC2)sc1C(=O)NCCN1CCCc2ccccc21. The quantitative estimate of drug-likeness (QED) is 0.856. The van der Waals surface area contributed by atoms with Crippen molar-refractivity contribution in [3.05, 3.63) is 40.4 Å². The summed E-state index contributed by atoms with van der Waals surface area (Å²) in [6, 6.07) is 8.57. The summed E-state index contributed by atoms with van der Waals surface area (Å²) in [4.78, 5) is 22.5. The summed E-state index contributed by atoms with van der Waals surface area (Å²) in [5.41, 5.74) is 3.52. The summed E-state index contributed by atoms with van der Waals surface area (Å²) in [6.07, 6.45) is 2.31. The van der Waals surface area contributed by atoms with Crippen LogP contribution in [0.2, 0.25) is 0 Å². The van der Waals surface area contributed by atoms with Gasteiger partial charge in [0.1, 0.15) is 4.88 Å². The van der Waals surface area contributed by atoms with E-state index >= 15 is 0 Å². The number of morpholine rings is 1. The van der Waals surface area contributed by atoms with Crippen LogP contribution in [0.4, 0.5) is 10.8 Å². The number of fused-ring (bicyclic) bond motifs is 1. The molecular weight excluding hydrogens is 360 g/mol. The van der Waals surface area contributed by atoms with Crippen molar-refractivity contribution in [2.24, 2.45) is 0 Å². The Labute approximate surface area is 164 Å². The van der Waals surface area contributed by atoms with E-state index in [-0.39, 0.29) is 5.91 Å². The number of carbonyl (C=O) groups is 1. The van der Waals surface area contributed by atoms with Crippen LogP contribution in [0.25, 0.3) is 0 Å². The average Bonchev–Trinajstić information content (AvgIpc) is 3.10. The number of amides is 1. The molecule has 1 saturated heterocycles. The fourth-order valence-electron chi connectivity index (χ4n) is 3.71. The second-order valence-corrected chi connectivity index (χ2v) is 7.96. The first kappa shape index (κ1) is 18.3. The Morgan fingerprint density at radius 3 is 2.93 bits per heavy atom. The van der Waals surface area contributed by atoms with Gasteiger partial charge < -0.3 is 19.9 Å². The first-order valence-corrected chi connectivity index (χ1v) is 10.5. The molecule has 2 aliphatic heterocycles. The second-order valence-electron chi connectivity index (χ2n) is 6.99. The average molecular weight is 387 g/mol. The van der Waals surface area contributed by atoms with Crippen molar-refractivity contribution in [3.63, 3.8) is 0 Å². The van der Waals surface area contributed by atoms with E-state index in [4.69, 9.17) is 4.74 Å². The highest BCUT2D eigenvalue weighted by molar-refractivity contribution is 7.17. The largest absolute Gasteiger partial charge is 0.378 e. The molecule has 1 N–H and O–H groups in total. The highest BCUT2D eigenvalue weighted by Gasteiger charge is 2.21. The molecule has 1 aromatic carbocycles. The normalized spacial score (nSPS) is 16.9. The summed E-state index contributed by atoms with van der Waals surface area (Å²) in [5.74, 6) is -0.0187. The van der Waals surface area contributed by atoms with Crippen molar-refractivity contribution in [2.45, 2.75) is 19.8 Å². The number of carbonyl (C=O) groups excluding carboxylic acids is 1. The summed E-state index contributed by atoms with van der Waals surface area (Å²) in [7, 11) is 0. The van der Waals surface area contributed by atoms with Gasteiger partial charge in [-0.2, -0.15) is 0 Å². The molecule has 0 bridgehead atoms. The number of anilines is 2. The van der Waals surface area contributed by atoms with E-state index in [1.165, 1.54) is 29.0 Å². The molecule has 2 aliphatic rings. The summed E-state index contributed by atoms with van der Waals surface area (Å²) >= 11 is 1.48. The minimum atomic E-state index is -0.0187. The lowest BCUT2D eigenvalue weighted by Crippen LogP contribution is -2.37. The number of nitrogens with one attached hydrogen (secondary N) is 1. The van der Waals surface area contributed by atoms with Crippen molar-refractivity contribution in [1.82, 2.24) is 10.3 Å². The maximum absolute atomic E-state index is 12.6. The Kier molecular flexibility index (Phi) is 5.59. The first-order valence-electron chi connectivity index (χ1n) is 9.63. The fourth-order valence-corrected chi connectivity index (χ4v) is 4.75. The maximum atomic E-state index is 12.6. The van der Waals surface area contributed by atoms with Crippen LogP contribution in [0.3, 0.4) is 0 Å². The Balaban J connectivity index is 1.34. The molecule has 0 atom stereocenters. The van der Waals surface area contributed by atoms with Crippen molar-refractivity contribution in [3.8, 4) is 0 Å². The second kappa shape index (κ2) is 8.27. The molecule has 0 aliphatic carbocycles. The molecule has 3 heterocycles. The van der Waals surface area contributed by atoms with Crippen molar-refractivity contribution >= 4 is 28.1 Å². The fraction of sp³-hybridized carbons (Fsp3) is 0.500. The number of nitrogens with zero attached hydrogens (tertiary/aromatic N) is 3. The molecule has 7 heteroatoms. The topological polar surface area (TPSA) is 57.7 Å². The predicted octanol–water partition coefficient (Wildman–Crippen LogP) is 2.47. The lowest BCUT2D eigenvalue weighted by Gasteiger charge is -2.31. The van der Waals surface area contributed by atoms with Crippen LogP contribution in [0, 0.1) is 6.92 Å². The third-order valence-corrected chi connectivity index (χ3v) is 6.36. The van der Waals surface area contributed by atoms with Gasteiger partial charge in [0.2, 0.25) is 0 Å². The first-order chi connectivity index (χ1) is 13.2. The van der Waals surface area contributed by atoms with Crippen LogP contribution in [0.5, 0.6) is 0 Å². The minimum absolute atomic E-state index is 0.0187. The highest BCUT2D eigenvalue weighted by Crippen LogP contribution is 2.27. The van der Waals surface area contributed by atoms with E-state index in [0.29, 0.717) is 6.54 Å². The molecular formula is C20H26N4O2S. The highest BCUT2D eigenvalue weighted by atomic mass is 32.1. The number of hydrogen-bond acceptors (Lipinski definition) is 6. The van der Waals surface area contributed by atoms with Gasteiger partial charge in [-0.15, -0.1) is 0 Å². The van der Waals surface area contributed by atoms with E-state index in [1.54, 1.807) is 0 Å². The van der Waals surface area contributed by atoms with E-state index in [1.807, 2.05) is 6.92 Å². The van der Waals surface area contributed by atoms with Gasteiger partial charge in [-0.3, -0.25) is 4.79 Å². The number of aryl methyl sites for hydroxylation is 2. The van der Waals surface area contributed by atoms with Crippen molar-refractivity contribution in [2.75, 3.05) is 55.7 Å². The lowest BCUT2D eigenvalue weighted by atomic mass is 10.0. The molecule has 1 amide bonds. The number of hydrogen-bond donors (Lipinski definition) is 1. The van der Waals surface area contributed by atoms with Crippen molar-refractivity contribution in [1.29, 1.82) is 0 Å². The molecule has 0 radical (unpaired) electrons. The summed E-state index contributed by atoms with van der Waals surface area (Å²) in [5, 5.41) is 4.00. The molecule has 1 fully saturated rings. The Hall–Kier alpha value is -2.12. The zero-order chi connectivity index (χ0) is 18.6. The van der Waals surface area contributed by atoms with E-state index < -0.39 is 0 Å². The van der Waals surface area contributed by atoms with Gasteiger partial charge >= 0.3 is 0 Å². The number of ether oxygens (including phenoxy) is 1. The van der Waals surface area contributed by atoms with Crippen LogP contribution in [-0.4, -0.2) is 56.8 Å². The molecule has 4 rings (SSSR count). The van der Waals surface area contributed by atoms with E-state index in [0.717, 1.165) is 61.5 Å². The zero-order valence-corrected chi connectivity index (χ0v) is 16.6. The van der Waals surface area contributed by atoms with Gasteiger partial charge in [0.25, 0.3) is 5.91 Å². The maximum Gasteiger partial charge on any atom is 0.263 e. The Bertz CT molecular complexity index is 801. The standard InChI is InChI=1S/C20H26N4O2S/c1-15-18(27-20(22-15)24-11-13-26-14-12-24)19(25)21-8-10-23-9-4-6-16-5-2-3-7-17(16)23/h2-3,5,7H,4,6,8-14H2,1H3,(H,21,25). The molecule has 0 unspecified atom stereocenters. The van der Waals surface area contributed by atoms with Crippen LogP contribution in [0.1, 0.15) is 27.3 Å².